The smallest absolute Gasteiger partial charge is 0.00405 e. The molecule has 1 heterocycles. The summed E-state index contributed by atoms with van der Waals surface area (Å²) < 4.78 is 0. The van der Waals surface area contributed by atoms with Crippen molar-refractivity contribution in [3.05, 3.63) is 35.9 Å². The molecule has 0 radical (unpaired) electrons. The molecule has 1 saturated heterocycles. The van der Waals surface area contributed by atoms with E-state index in [0.29, 0.717) is 5.41 Å². The van der Waals surface area contributed by atoms with Crippen LogP contribution in [0.15, 0.2) is 30.3 Å². The lowest BCUT2D eigenvalue weighted by Gasteiger charge is -2.37. The Hall–Kier alpha value is -0.470. The van der Waals surface area contributed by atoms with E-state index in [0.717, 1.165) is 11.7 Å². The van der Waals surface area contributed by atoms with Crippen LogP contribution in [0.1, 0.15) is 32.3 Å². The highest BCUT2D eigenvalue weighted by Crippen LogP contribution is 2.25. The average molecular weight is 277 g/mol. The second-order valence-corrected chi connectivity index (χ2v) is 7.05. The zero-order valence-corrected chi connectivity index (χ0v) is 13.2. The van der Waals surface area contributed by atoms with E-state index in [1.165, 1.54) is 44.5 Å². The molecule has 2 heteroatoms. The molecule has 1 aromatic carbocycles. The molecule has 19 heavy (non-hydrogen) atoms. The minimum Gasteiger partial charge on any atom is -0.303 e. The first-order valence-electron chi connectivity index (χ1n) is 7.46. The monoisotopic (exact) mass is 277 g/mol. The van der Waals surface area contributed by atoms with Crippen molar-refractivity contribution >= 4 is 12.6 Å². The topological polar surface area (TPSA) is 3.24 Å². The van der Waals surface area contributed by atoms with Crippen LogP contribution in [-0.2, 0) is 6.42 Å². The fraction of sp³-hybridized carbons (Fsp3) is 0.647. The predicted octanol–water partition coefficient (Wildman–Crippen LogP) is 3.90. The van der Waals surface area contributed by atoms with Crippen molar-refractivity contribution in [2.75, 3.05) is 25.4 Å². The number of hydrogen-bond acceptors (Lipinski definition) is 2. The third-order valence-electron chi connectivity index (χ3n) is 4.15. The maximum atomic E-state index is 4.46. The van der Waals surface area contributed by atoms with Gasteiger partial charge in [-0.05, 0) is 55.0 Å². The fourth-order valence-corrected chi connectivity index (χ4v) is 3.05. The van der Waals surface area contributed by atoms with E-state index in [1.807, 2.05) is 0 Å². The molecular weight excluding hydrogens is 250 g/mol. The van der Waals surface area contributed by atoms with Crippen molar-refractivity contribution in [1.82, 2.24) is 4.90 Å². The molecule has 1 fully saturated rings. The van der Waals surface area contributed by atoms with E-state index >= 15 is 0 Å². The van der Waals surface area contributed by atoms with Crippen LogP contribution in [0.2, 0.25) is 0 Å². The van der Waals surface area contributed by atoms with Gasteiger partial charge in [0.2, 0.25) is 0 Å². The molecule has 106 valence electrons. The van der Waals surface area contributed by atoms with Gasteiger partial charge in [-0.1, -0.05) is 44.2 Å². The Labute approximate surface area is 123 Å². The van der Waals surface area contributed by atoms with Gasteiger partial charge in [0.15, 0.2) is 0 Å². The Morgan fingerprint density at radius 2 is 1.79 bits per heavy atom. The summed E-state index contributed by atoms with van der Waals surface area (Å²) in [6, 6.07) is 10.9. The van der Waals surface area contributed by atoms with Crippen LogP contribution >= 0.6 is 12.6 Å². The number of likely N-dealkylation sites (tertiary alicyclic amines) is 1. The Bertz CT molecular complexity index is 366. The van der Waals surface area contributed by atoms with Gasteiger partial charge in [-0.2, -0.15) is 12.6 Å². The van der Waals surface area contributed by atoms with Crippen LogP contribution in [0.4, 0.5) is 0 Å². The van der Waals surface area contributed by atoms with E-state index in [2.05, 4.69) is 61.7 Å². The minimum atomic E-state index is 0.343. The number of nitrogens with zero attached hydrogens (tertiary/aromatic N) is 1. The van der Waals surface area contributed by atoms with Crippen LogP contribution in [0.25, 0.3) is 0 Å². The van der Waals surface area contributed by atoms with Crippen LogP contribution < -0.4 is 0 Å². The number of benzene rings is 1. The molecule has 0 N–H and O–H groups in total. The van der Waals surface area contributed by atoms with Gasteiger partial charge in [0.25, 0.3) is 0 Å². The summed E-state index contributed by atoms with van der Waals surface area (Å²) in [7, 11) is 0. The first-order valence-corrected chi connectivity index (χ1v) is 8.09. The second-order valence-electron chi connectivity index (χ2n) is 6.73. The number of rotatable bonds is 5. The molecule has 0 saturated carbocycles. The SMILES string of the molecule is CC(C)(CS)CN1CCC(Cc2ccccc2)CC1. The zero-order valence-electron chi connectivity index (χ0n) is 12.3. The maximum absolute atomic E-state index is 4.46. The molecule has 0 amide bonds. The Morgan fingerprint density at radius 1 is 1.16 bits per heavy atom. The molecule has 0 unspecified atom stereocenters. The van der Waals surface area contributed by atoms with E-state index in [1.54, 1.807) is 0 Å². The second kappa shape index (κ2) is 6.81. The van der Waals surface area contributed by atoms with Crippen molar-refractivity contribution in [2.24, 2.45) is 11.3 Å². The summed E-state index contributed by atoms with van der Waals surface area (Å²) in [4.78, 5) is 2.62. The van der Waals surface area contributed by atoms with Crippen LogP contribution in [0.5, 0.6) is 0 Å². The van der Waals surface area contributed by atoms with E-state index in [4.69, 9.17) is 0 Å². The molecule has 1 aliphatic heterocycles. The van der Waals surface area contributed by atoms with E-state index < -0.39 is 0 Å². The molecule has 1 nitrogen and oxygen atoms in total. The first-order chi connectivity index (χ1) is 9.09. The lowest BCUT2D eigenvalue weighted by atomic mass is 9.88. The molecular formula is C17H27NS. The van der Waals surface area contributed by atoms with Gasteiger partial charge in [0.1, 0.15) is 0 Å². The quantitative estimate of drug-likeness (QED) is 0.799. The molecule has 0 atom stereocenters. The highest BCUT2D eigenvalue weighted by Gasteiger charge is 2.24. The number of piperidine rings is 1. The average Bonchev–Trinajstić information content (AvgIpc) is 2.42. The predicted molar refractivity (Wildman–Crippen MR) is 86.9 cm³/mol. The summed E-state index contributed by atoms with van der Waals surface area (Å²) in [5, 5.41) is 0. The van der Waals surface area contributed by atoms with Gasteiger partial charge in [0, 0.05) is 6.54 Å². The van der Waals surface area contributed by atoms with Gasteiger partial charge < -0.3 is 4.90 Å². The normalized spacial score (nSPS) is 18.7. The lowest BCUT2D eigenvalue weighted by molar-refractivity contribution is 0.138. The molecule has 1 aromatic rings. The van der Waals surface area contributed by atoms with Gasteiger partial charge >= 0.3 is 0 Å². The molecule has 1 aliphatic rings. The highest BCUT2D eigenvalue weighted by atomic mass is 32.1. The van der Waals surface area contributed by atoms with Crippen LogP contribution in [0, 0.1) is 11.3 Å². The van der Waals surface area contributed by atoms with Gasteiger partial charge in [-0.15, -0.1) is 0 Å². The third-order valence-corrected chi connectivity index (χ3v) is 5.01. The summed E-state index contributed by atoms with van der Waals surface area (Å²) >= 11 is 4.46. The van der Waals surface area contributed by atoms with Crippen molar-refractivity contribution < 1.29 is 0 Å². The van der Waals surface area contributed by atoms with E-state index in [9.17, 15) is 0 Å². The molecule has 0 aliphatic carbocycles. The first kappa shape index (κ1) is 14.9. The molecule has 0 bridgehead atoms. The Kier molecular flexibility index (Phi) is 5.35. The van der Waals surface area contributed by atoms with Gasteiger partial charge in [-0.25, -0.2) is 0 Å². The maximum Gasteiger partial charge on any atom is 0.00405 e. The lowest BCUT2D eigenvalue weighted by Crippen LogP contribution is -2.41. The summed E-state index contributed by atoms with van der Waals surface area (Å²) in [6.07, 6.45) is 3.94. The number of thiol groups is 1. The van der Waals surface area contributed by atoms with Crippen molar-refractivity contribution in [3.63, 3.8) is 0 Å². The Balaban J connectivity index is 1.77. The fourth-order valence-electron chi connectivity index (χ4n) is 2.95. The highest BCUT2D eigenvalue weighted by molar-refractivity contribution is 7.80. The zero-order chi connectivity index (χ0) is 13.7. The van der Waals surface area contributed by atoms with Gasteiger partial charge in [-0.3, -0.25) is 0 Å². The Morgan fingerprint density at radius 3 is 2.37 bits per heavy atom. The number of hydrogen-bond donors (Lipinski definition) is 1. The molecule has 0 aromatic heterocycles. The summed E-state index contributed by atoms with van der Waals surface area (Å²) in [5.74, 6) is 1.84. The largest absolute Gasteiger partial charge is 0.303 e. The van der Waals surface area contributed by atoms with Crippen molar-refractivity contribution in [3.8, 4) is 0 Å². The van der Waals surface area contributed by atoms with Gasteiger partial charge in [0.05, 0.1) is 0 Å². The third kappa shape index (κ3) is 4.85. The van der Waals surface area contributed by atoms with Crippen molar-refractivity contribution in [2.45, 2.75) is 33.1 Å². The van der Waals surface area contributed by atoms with E-state index in [-0.39, 0.29) is 0 Å². The summed E-state index contributed by atoms with van der Waals surface area (Å²) in [6.45, 7) is 8.34. The van der Waals surface area contributed by atoms with Crippen LogP contribution in [0.3, 0.4) is 0 Å². The minimum absolute atomic E-state index is 0.343. The van der Waals surface area contributed by atoms with Crippen molar-refractivity contribution in [1.29, 1.82) is 0 Å². The molecule has 2 rings (SSSR count). The summed E-state index contributed by atoms with van der Waals surface area (Å²) in [5.41, 5.74) is 1.84. The molecule has 0 spiro atoms. The standard InChI is InChI=1S/C17H27NS/c1-17(2,14-19)13-18-10-8-16(9-11-18)12-15-6-4-3-5-7-15/h3-7,16,19H,8-14H2,1-2H3. The van der Waals surface area contributed by atoms with Crippen LogP contribution in [-0.4, -0.2) is 30.3 Å².